The Hall–Kier alpha value is -3.10. The van der Waals surface area contributed by atoms with Gasteiger partial charge >= 0.3 is 0 Å². The number of nitrogens with two attached hydrogens (primary N) is 1. The molecular formula is C12H8F2N4O3. The number of nitrogen functional groups attached to an aromatic ring is 1. The molecule has 108 valence electrons. The summed E-state index contributed by atoms with van der Waals surface area (Å²) in [7, 11) is 0. The van der Waals surface area contributed by atoms with E-state index in [-0.39, 0.29) is 5.82 Å². The van der Waals surface area contributed by atoms with Crippen molar-refractivity contribution in [1.82, 2.24) is 4.98 Å². The molecule has 0 spiro atoms. The molecule has 2 aromatic rings. The fourth-order valence-corrected chi connectivity index (χ4v) is 1.59. The number of amides is 1. The average molecular weight is 294 g/mol. The molecule has 0 aliphatic rings. The second-order valence-electron chi connectivity index (χ2n) is 3.93. The van der Waals surface area contributed by atoms with E-state index in [1.54, 1.807) is 0 Å². The van der Waals surface area contributed by atoms with Gasteiger partial charge in [0.1, 0.15) is 34.9 Å². The van der Waals surface area contributed by atoms with E-state index >= 15 is 0 Å². The normalized spacial score (nSPS) is 10.2. The van der Waals surface area contributed by atoms with Gasteiger partial charge in [0.2, 0.25) is 0 Å². The summed E-state index contributed by atoms with van der Waals surface area (Å²) in [5.41, 5.74) is 3.58. The molecular weight excluding hydrogens is 286 g/mol. The van der Waals surface area contributed by atoms with Gasteiger partial charge in [-0.25, -0.2) is 13.8 Å². The maximum atomic E-state index is 13.4. The Morgan fingerprint density at radius 1 is 1.33 bits per heavy atom. The van der Waals surface area contributed by atoms with Crippen molar-refractivity contribution in [3.63, 3.8) is 0 Å². The number of hydrogen-bond acceptors (Lipinski definition) is 5. The highest BCUT2D eigenvalue weighted by molar-refractivity contribution is 6.07. The number of nitro groups is 1. The monoisotopic (exact) mass is 294 g/mol. The zero-order valence-corrected chi connectivity index (χ0v) is 10.3. The number of carbonyl (C=O) groups is 1. The van der Waals surface area contributed by atoms with Gasteiger partial charge in [0, 0.05) is 0 Å². The minimum Gasteiger partial charge on any atom is -0.384 e. The first-order chi connectivity index (χ1) is 9.90. The molecule has 0 saturated carbocycles. The second kappa shape index (κ2) is 5.49. The second-order valence-corrected chi connectivity index (χ2v) is 3.93. The molecule has 0 fully saturated rings. The largest absolute Gasteiger partial charge is 0.384 e. The standard InChI is InChI=1S/C12H8F2N4O3/c13-7-2-1-3-8(14)11(7)17-12(19)6-4-10(15)16-5-9(6)18(20)21/h1-5H,(H2,15,16)(H,17,19). The van der Waals surface area contributed by atoms with Crippen LogP contribution in [0.5, 0.6) is 0 Å². The number of nitrogens with one attached hydrogen (secondary N) is 1. The van der Waals surface area contributed by atoms with Crippen molar-refractivity contribution in [3.05, 3.63) is 57.8 Å². The highest BCUT2D eigenvalue weighted by Crippen LogP contribution is 2.23. The molecule has 3 N–H and O–H groups in total. The van der Waals surface area contributed by atoms with E-state index in [0.29, 0.717) is 0 Å². The van der Waals surface area contributed by atoms with Crippen LogP contribution in [-0.4, -0.2) is 15.8 Å². The fourth-order valence-electron chi connectivity index (χ4n) is 1.59. The zero-order chi connectivity index (χ0) is 15.6. The van der Waals surface area contributed by atoms with E-state index in [1.807, 2.05) is 5.32 Å². The Bertz CT molecular complexity index is 716. The summed E-state index contributed by atoms with van der Waals surface area (Å²) < 4.78 is 26.9. The van der Waals surface area contributed by atoms with Crippen molar-refractivity contribution < 1.29 is 18.5 Å². The molecule has 0 bridgehead atoms. The van der Waals surface area contributed by atoms with Crippen LogP contribution in [0.1, 0.15) is 10.4 Å². The number of hydrogen-bond donors (Lipinski definition) is 2. The van der Waals surface area contributed by atoms with Gasteiger partial charge in [0.05, 0.1) is 4.92 Å². The molecule has 9 heteroatoms. The van der Waals surface area contributed by atoms with E-state index in [1.165, 1.54) is 0 Å². The van der Waals surface area contributed by atoms with Gasteiger partial charge in [-0.1, -0.05) is 6.07 Å². The number of para-hydroxylation sites is 1. The smallest absolute Gasteiger partial charge is 0.300 e. The number of rotatable bonds is 3. The first-order valence-electron chi connectivity index (χ1n) is 5.55. The number of carbonyl (C=O) groups excluding carboxylic acids is 1. The van der Waals surface area contributed by atoms with E-state index in [9.17, 15) is 23.7 Å². The van der Waals surface area contributed by atoms with Crippen LogP contribution in [-0.2, 0) is 0 Å². The SMILES string of the molecule is Nc1cc(C(=O)Nc2c(F)cccc2F)c([N+](=O)[O-])cn1. The minimum absolute atomic E-state index is 0.139. The molecule has 7 nitrogen and oxygen atoms in total. The van der Waals surface area contributed by atoms with Crippen LogP contribution in [0.3, 0.4) is 0 Å². The third-order valence-electron chi connectivity index (χ3n) is 2.55. The number of aromatic nitrogens is 1. The summed E-state index contributed by atoms with van der Waals surface area (Å²) in [4.78, 5) is 25.4. The van der Waals surface area contributed by atoms with E-state index in [2.05, 4.69) is 4.98 Å². The van der Waals surface area contributed by atoms with Crippen LogP contribution >= 0.6 is 0 Å². The summed E-state index contributed by atoms with van der Waals surface area (Å²) in [5.74, 6) is -3.22. The number of anilines is 2. The Labute approximate surface area is 116 Å². The molecule has 21 heavy (non-hydrogen) atoms. The lowest BCUT2D eigenvalue weighted by atomic mass is 10.2. The van der Waals surface area contributed by atoms with E-state index < -0.39 is 39.4 Å². The molecule has 0 saturated heterocycles. The molecule has 0 atom stereocenters. The molecule has 1 heterocycles. The van der Waals surface area contributed by atoms with Crippen molar-refractivity contribution in [3.8, 4) is 0 Å². The van der Waals surface area contributed by atoms with Crippen LogP contribution < -0.4 is 11.1 Å². The molecule has 0 aliphatic carbocycles. The third-order valence-corrected chi connectivity index (χ3v) is 2.55. The first kappa shape index (κ1) is 14.3. The summed E-state index contributed by atoms with van der Waals surface area (Å²) in [5, 5.41) is 12.8. The van der Waals surface area contributed by atoms with Gasteiger partial charge in [-0.05, 0) is 18.2 Å². The zero-order valence-electron chi connectivity index (χ0n) is 10.3. The Balaban J connectivity index is 2.41. The number of nitrogens with zero attached hydrogens (tertiary/aromatic N) is 2. The Morgan fingerprint density at radius 3 is 2.52 bits per heavy atom. The fraction of sp³-hybridized carbons (Fsp3) is 0. The Morgan fingerprint density at radius 2 is 1.95 bits per heavy atom. The maximum Gasteiger partial charge on any atom is 0.300 e. The van der Waals surface area contributed by atoms with Crippen LogP contribution in [0.4, 0.5) is 26.0 Å². The van der Waals surface area contributed by atoms with E-state index in [4.69, 9.17) is 5.73 Å². The van der Waals surface area contributed by atoms with Gasteiger partial charge < -0.3 is 11.1 Å². The van der Waals surface area contributed by atoms with Crippen molar-refractivity contribution in [2.45, 2.75) is 0 Å². The van der Waals surface area contributed by atoms with Crippen molar-refractivity contribution in [1.29, 1.82) is 0 Å². The van der Waals surface area contributed by atoms with Crippen molar-refractivity contribution in [2.24, 2.45) is 0 Å². The highest BCUT2D eigenvalue weighted by atomic mass is 19.1. The first-order valence-corrected chi connectivity index (χ1v) is 5.55. The minimum atomic E-state index is -1.07. The van der Waals surface area contributed by atoms with E-state index in [0.717, 1.165) is 30.5 Å². The van der Waals surface area contributed by atoms with Gasteiger partial charge in [-0.2, -0.15) is 0 Å². The van der Waals surface area contributed by atoms with Gasteiger partial charge in [0.15, 0.2) is 0 Å². The molecule has 0 radical (unpaired) electrons. The summed E-state index contributed by atoms with van der Waals surface area (Å²) >= 11 is 0. The average Bonchev–Trinajstić information content (AvgIpc) is 2.42. The lowest BCUT2D eigenvalue weighted by Crippen LogP contribution is -2.16. The van der Waals surface area contributed by atoms with Crippen LogP contribution in [0.2, 0.25) is 0 Å². The van der Waals surface area contributed by atoms with Crippen molar-refractivity contribution >= 4 is 23.1 Å². The van der Waals surface area contributed by atoms with Gasteiger partial charge in [0.25, 0.3) is 11.6 Å². The van der Waals surface area contributed by atoms with Crippen LogP contribution in [0.25, 0.3) is 0 Å². The third kappa shape index (κ3) is 2.91. The number of benzene rings is 1. The highest BCUT2D eigenvalue weighted by Gasteiger charge is 2.23. The van der Waals surface area contributed by atoms with Crippen molar-refractivity contribution in [2.75, 3.05) is 11.1 Å². The topological polar surface area (TPSA) is 111 Å². The summed E-state index contributed by atoms with van der Waals surface area (Å²) in [6.07, 6.45) is 0.794. The summed E-state index contributed by atoms with van der Waals surface area (Å²) in [6.45, 7) is 0. The number of halogens is 2. The predicted molar refractivity (Wildman–Crippen MR) is 69.6 cm³/mol. The predicted octanol–water partition coefficient (Wildman–Crippen LogP) is 2.10. The molecule has 1 amide bonds. The lowest BCUT2D eigenvalue weighted by Gasteiger charge is -2.08. The molecule has 0 unspecified atom stereocenters. The van der Waals surface area contributed by atoms with Gasteiger partial charge in [-0.3, -0.25) is 14.9 Å². The Kier molecular flexibility index (Phi) is 3.74. The quantitative estimate of drug-likeness (QED) is 0.665. The molecule has 1 aromatic carbocycles. The molecule has 1 aromatic heterocycles. The summed E-state index contributed by atoms with van der Waals surface area (Å²) in [6, 6.07) is 3.95. The number of pyridine rings is 1. The maximum absolute atomic E-state index is 13.4. The molecule has 2 rings (SSSR count). The molecule has 0 aliphatic heterocycles. The van der Waals surface area contributed by atoms with Gasteiger partial charge in [-0.15, -0.1) is 0 Å². The van der Waals surface area contributed by atoms with Crippen LogP contribution in [0, 0.1) is 21.7 Å². The van der Waals surface area contributed by atoms with Crippen LogP contribution in [0.15, 0.2) is 30.5 Å². The lowest BCUT2D eigenvalue weighted by molar-refractivity contribution is -0.385.